The van der Waals surface area contributed by atoms with Gasteiger partial charge in [-0.25, -0.2) is 0 Å². The first-order chi connectivity index (χ1) is 8.32. The molecule has 0 bridgehead atoms. The van der Waals surface area contributed by atoms with Crippen molar-refractivity contribution in [2.24, 2.45) is 11.7 Å². The number of hydrogen-bond acceptors (Lipinski definition) is 2. The van der Waals surface area contributed by atoms with Gasteiger partial charge in [0.2, 0.25) is 0 Å². The molecule has 0 saturated heterocycles. The number of nitrogens with two attached hydrogens (primary N) is 1. The van der Waals surface area contributed by atoms with E-state index in [-0.39, 0.29) is 5.84 Å². The fourth-order valence-corrected chi connectivity index (χ4v) is 2.01. The minimum Gasteiger partial charge on any atom is -0.384 e. The second-order valence-corrected chi connectivity index (χ2v) is 5.53. The highest BCUT2D eigenvalue weighted by Crippen LogP contribution is 2.21. The monoisotopic (exact) mass is 267 g/mol. The number of nitrogens with one attached hydrogen (secondary N) is 1. The molecule has 0 aliphatic rings. The molecule has 0 spiro atoms. The lowest BCUT2D eigenvalue weighted by Crippen LogP contribution is -2.32. The van der Waals surface area contributed by atoms with Crippen molar-refractivity contribution in [1.29, 1.82) is 5.41 Å². The van der Waals surface area contributed by atoms with Crippen molar-refractivity contribution in [1.82, 2.24) is 4.90 Å². The highest BCUT2D eigenvalue weighted by atomic mass is 35.5. The van der Waals surface area contributed by atoms with Crippen LogP contribution in [0, 0.1) is 11.3 Å². The van der Waals surface area contributed by atoms with Crippen LogP contribution in [0.1, 0.15) is 31.9 Å². The van der Waals surface area contributed by atoms with E-state index in [1.165, 1.54) is 0 Å². The van der Waals surface area contributed by atoms with E-state index in [0.29, 0.717) is 22.5 Å². The van der Waals surface area contributed by atoms with Gasteiger partial charge >= 0.3 is 0 Å². The minimum atomic E-state index is 0.0485. The van der Waals surface area contributed by atoms with Crippen LogP contribution in [0.4, 0.5) is 0 Å². The van der Waals surface area contributed by atoms with E-state index in [1.54, 1.807) is 6.07 Å². The zero-order valence-electron chi connectivity index (χ0n) is 11.5. The molecular formula is C14H22ClN3. The summed E-state index contributed by atoms with van der Waals surface area (Å²) in [7, 11) is 2.10. The van der Waals surface area contributed by atoms with E-state index in [1.807, 2.05) is 12.1 Å². The van der Waals surface area contributed by atoms with Crippen LogP contribution in [0.5, 0.6) is 0 Å². The lowest BCUT2D eigenvalue weighted by atomic mass is 10.0. The predicted octanol–water partition coefficient (Wildman–Crippen LogP) is 3.10. The van der Waals surface area contributed by atoms with Crippen molar-refractivity contribution < 1.29 is 0 Å². The minimum absolute atomic E-state index is 0.0485. The molecule has 3 nitrogen and oxygen atoms in total. The van der Waals surface area contributed by atoms with Crippen molar-refractivity contribution in [3.63, 3.8) is 0 Å². The van der Waals surface area contributed by atoms with Crippen LogP contribution in [-0.2, 0) is 6.54 Å². The molecule has 4 heteroatoms. The Bertz CT molecular complexity index is 429. The molecule has 1 atom stereocenters. The number of rotatable bonds is 5. The zero-order chi connectivity index (χ0) is 13.9. The Labute approximate surface area is 114 Å². The van der Waals surface area contributed by atoms with Gasteiger partial charge in [0.15, 0.2) is 0 Å². The zero-order valence-corrected chi connectivity index (χ0v) is 12.3. The Balaban J connectivity index is 2.83. The van der Waals surface area contributed by atoms with Gasteiger partial charge in [-0.1, -0.05) is 37.6 Å². The van der Waals surface area contributed by atoms with E-state index in [9.17, 15) is 0 Å². The lowest BCUT2D eigenvalue weighted by molar-refractivity contribution is 0.200. The summed E-state index contributed by atoms with van der Waals surface area (Å²) in [5.41, 5.74) is 7.17. The average Bonchev–Trinajstić information content (AvgIpc) is 2.30. The SMILES string of the molecule is CC(C)C(C)N(C)Cc1ccc(C(=N)N)cc1Cl. The molecule has 0 amide bonds. The van der Waals surface area contributed by atoms with Crippen LogP contribution in [0.2, 0.25) is 5.02 Å². The summed E-state index contributed by atoms with van der Waals surface area (Å²) in [5.74, 6) is 0.651. The summed E-state index contributed by atoms with van der Waals surface area (Å²) < 4.78 is 0. The van der Waals surface area contributed by atoms with Gasteiger partial charge in [-0.3, -0.25) is 10.3 Å². The number of nitrogens with zero attached hydrogens (tertiary/aromatic N) is 1. The summed E-state index contributed by atoms with van der Waals surface area (Å²) in [4.78, 5) is 2.28. The third kappa shape index (κ3) is 3.72. The van der Waals surface area contributed by atoms with E-state index >= 15 is 0 Å². The smallest absolute Gasteiger partial charge is 0.122 e. The second kappa shape index (κ2) is 6.21. The molecule has 1 aromatic rings. The molecule has 1 aromatic carbocycles. The van der Waals surface area contributed by atoms with Crippen molar-refractivity contribution in [2.75, 3.05) is 7.05 Å². The number of halogens is 1. The first-order valence-electron chi connectivity index (χ1n) is 6.16. The molecule has 18 heavy (non-hydrogen) atoms. The van der Waals surface area contributed by atoms with Crippen LogP contribution in [0.15, 0.2) is 18.2 Å². The quantitative estimate of drug-likeness (QED) is 0.636. The molecule has 3 N–H and O–H groups in total. The average molecular weight is 268 g/mol. The second-order valence-electron chi connectivity index (χ2n) is 5.12. The number of hydrogen-bond donors (Lipinski definition) is 2. The Morgan fingerprint density at radius 2 is 2.00 bits per heavy atom. The topological polar surface area (TPSA) is 53.1 Å². The fourth-order valence-electron chi connectivity index (χ4n) is 1.76. The largest absolute Gasteiger partial charge is 0.384 e. The van der Waals surface area contributed by atoms with Crippen molar-refractivity contribution in [3.8, 4) is 0 Å². The first kappa shape index (κ1) is 15.0. The molecule has 1 unspecified atom stereocenters. The Hall–Kier alpha value is -1.06. The highest BCUT2D eigenvalue weighted by Gasteiger charge is 2.14. The van der Waals surface area contributed by atoms with E-state index in [4.69, 9.17) is 22.7 Å². The number of benzene rings is 1. The van der Waals surface area contributed by atoms with Crippen LogP contribution in [0.25, 0.3) is 0 Å². The molecule has 0 fully saturated rings. The summed E-state index contributed by atoms with van der Waals surface area (Å²) in [6.45, 7) is 7.43. The van der Waals surface area contributed by atoms with Crippen molar-refractivity contribution in [2.45, 2.75) is 33.4 Å². The standard InChI is InChI=1S/C14H22ClN3/c1-9(2)10(3)18(4)8-12-6-5-11(14(16)17)7-13(12)15/h5-7,9-10H,8H2,1-4H3,(H3,16,17). The van der Waals surface area contributed by atoms with Gasteiger partial charge in [-0.05, 0) is 31.5 Å². The third-order valence-corrected chi connectivity index (χ3v) is 3.80. The van der Waals surface area contributed by atoms with Crippen LogP contribution < -0.4 is 5.73 Å². The Morgan fingerprint density at radius 3 is 2.44 bits per heavy atom. The molecule has 1 rings (SSSR count). The summed E-state index contributed by atoms with van der Waals surface area (Å²) in [6, 6.07) is 6.04. The van der Waals surface area contributed by atoms with Gasteiger partial charge in [0.1, 0.15) is 5.84 Å². The maximum absolute atomic E-state index is 7.38. The van der Waals surface area contributed by atoms with Gasteiger partial charge in [0, 0.05) is 23.2 Å². The molecule has 0 aromatic heterocycles. The predicted molar refractivity (Wildman–Crippen MR) is 78.2 cm³/mol. The molecule has 0 heterocycles. The lowest BCUT2D eigenvalue weighted by Gasteiger charge is -2.28. The van der Waals surface area contributed by atoms with E-state index in [0.717, 1.165) is 12.1 Å². The van der Waals surface area contributed by atoms with Crippen LogP contribution >= 0.6 is 11.6 Å². The van der Waals surface area contributed by atoms with E-state index in [2.05, 4.69) is 32.7 Å². The van der Waals surface area contributed by atoms with Crippen LogP contribution in [-0.4, -0.2) is 23.8 Å². The molecule has 0 aliphatic heterocycles. The maximum atomic E-state index is 7.38. The molecule has 0 radical (unpaired) electrons. The summed E-state index contributed by atoms with van der Waals surface area (Å²) in [6.07, 6.45) is 0. The van der Waals surface area contributed by atoms with Gasteiger partial charge in [0.05, 0.1) is 0 Å². The van der Waals surface area contributed by atoms with Gasteiger partial charge in [0.25, 0.3) is 0 Å². The Morgan fingerprint density at radius 1 is 1.39 bits per heavy atom. The maximum Gasteiger partial charge on any atom is 0.122 e. The fraction of sp³-hybridized carbons (Fsp3) is 0.500. The number of amidine groups is 1. The third-order valence-electron chi connectivity index (χ3n) is 3.44. The van der Waals surface area contributed by atoms with Gasteiger partial charge in [-0.15, -0.1) is 0 Å². The summed E-state index contributed by atoms with van der Waals surface area (Å²) >= 11 is 6.22. The number of nitrogen functional groups attached to an aromatic ring is 1. The van der Waals surface area contributed by atoms with Crippen LogP contribution in [0.3, 0.4) is 0 Å². The van der Waals surface area contributed by atoms with Crippen molar-refractivity contribution >= 4 is 17.4 Å². The molecule has 100 valence electrons. The first-order valence-corrected chi connectivity index (χ1v) is 6.53. The summed E-state index contributed by atoms with van der Waals surface area (Å²) in [5, 5.41) is 8.05. The normalized spacial score (nSPS) is 13.1. The van der Waals surface area contributed by atoms with Crippen molar-refractivity contribution in [3.05, 3.63) is 34.3 Å². The Kier molecular flexibility index (Phi) is 5.17. The van der Waals surface area contributed by atoms with Gasteiger partial charge in [-0.2, -0.15) is 0 Å². The van der Waals surface area contributed by atoms with Gasteiger partial charge < -0.3 is 5.73 Å². The van der Waals surface area contributed by atoms with E-state index < -0.39 is 0 Å². The molecule has 0 saturated carbocycles. The highest BCUT2D eigenvalue weighted by molar-refractivity contribution is 6.31. The molecule has 0 aliphatic carbocycles. The molecular weight excluding hydrogens is 246 g/mol.